The third-order valence-corrected chi connectivity index (χ3v) is 4.89. The summed E-state index contributed by atoms with van der Waals surface area (Å²) in [6.45, 7) is 5.33. The zero-order valence-corrected chi connectivity index (χ0v) is 16.7. The normalized spacial score (nSPS) is 12.3. The second-order valence-corrected chi connectivity index (χ2v) is 7.11. The van der Waals surface area contributed by atoms with Crippen molar-refractivity contribution in [1.29, 1.82) is 0 Å². The Morgan fingerprint density at radius 1 is 1.20 bits per heavy atom. The van der Waals surface area contributed by atoms with Gasteiger partial charge in [0.05, 0.1) is 28.4 Å². The van der Waals surface area contributed by atoms with Crippen molar-refractivity contribution in [2.24, 2.45) is 0 Å². The van der Waals surface area contributed by atoms with Crippen molar-refractivity contribution in [3.63, 3.8) is 0 Å². The number of furan rings is 1. The lowest BCUT2D eigenvalue weighted by Crippen LogP contribution is -2.28. The molecular formula is C22H20FN3O4. The highest BCUT2D eigenvalue weighted by Crippen LogP contribution is 2.30. The number of amides is 1. The molecule has 0 aliphatic carbocycles. The first-order valence-corrected chi connectivity index (χ1v) is 9.39. The minimum absolute atomic E-state index is 0.0439. The summed E-state index contributed by atoms with van der Waals surface area (Å²) in [5.41, 5.74) is 2.89. The molecule has 0 spiro atoms. The zero-order valence-electron chi connectivity index (χ0n) is 16.7. The van der Waals surface area contributed by atoms with Gasteiger partial charge in [0.25, 0.3) is 11.6 Å². The fraction of sp³-hybridized carbons (Fsp3) is 0.227. The number of hydrogen-bond acceptors (Lipinski definition) is 6. The summed E-state index contributed by atoms with van der Waals surface area (Å²) >= 11 is 0. The Kier molecular flexibility index (Phi) is 5.09. The number of carbonyl (C=O) groups excluding carboxylic acids is 1. The Morgan fingerprint density at radius 3 is 2.60 bits per heavy atom. The summed E-state index contributed by atoms with van der Waals surface area (Å²) in [5, 5.41) is 17.5. The minimum Gasteiger partial charge on any atom is -0.466 e. The molecule has 0 aliphatic heterocycles. The molecule has 0 fully saturated rings. The molecule has 0 saturated carbocycles. The number of aliphatic hydroxyl groups is 1. The van der Waals surface area contributed by atoms with Crippen LogP contribution in [0, 0.1) is 26.6 Å². The summed E-state index contributed by atoms with van der Waals surface area (Å²) in [6, 6.07) is 8.96. The van der Waals surface area contributed by atoms with Crippen LogP contribution >= 0.6 is 0 Å². The first-order valence-electron chi connectivity index (χ1n) is 9.39. The van der Waals surface area contributed by atoms with E-state index in [1.807, 2.05) is 19.9 Å². The fourth-order valence-corrected chi connectivity index (χ4v) is 3.38. The van der Waals surface area contributed by atoms with E-state index >= 15 is 0 Å². The van der Waals surface area contributed by atoms with E-state index in [9.17, 15) is 14.3 Å². The highest BCUT2D eigenvalue weighted by molar-refractivity contribution is 6.07. The monoisotopic (exact) mass is 409 g/mol. The smallest absolute Gasteiger partial charge is 0.259 e. The molecule has 1 unspecified atom stereocenters. The molecule has 7 nitrogen and oxygen atoms in total. The van der Waals surface area contributed by atoms with Crippen LogP contribution in [0.25, 0.3) is 22.4 Å². The molecule has 8 heteroatoms. The largest absolute Gasteiger partial charge is 0.466 e. The molecule has 0 bridgehead atoms. The zero-order chi connectivity index (χ0) is 21.4. The lowest BCUT2D eigenvalue weighted by Gasteiger charge is -2.13. The fourth-order valence-electron chi connectivity index (χ4n) is 3.38. The highest BCUT2D eigenvalue weighted by atomic mass is 19.1. The van der Waals surface area contributed by atoms with Crippen LogP contribution in [0.4, 0.5) is 4.39 Å². The number of benzene rings is 1. The van der Waals surface area contributed by atoms with Gasteiger partial charge in [0.2, 0.25) is 0 Å². The number of rotatable bonds is 5. The van der Waals surface area contributed by atoms with Gasteiger partial charge in [-0.05, 0) is 50.6 Å². The Balaban J connectivity index is 1.65. The van der Waals surface area contributed by atoms with Crippen molar-refractivity contribution in [2.45, 2.75) is 26.9 Å². The van der Waals surface area contributed by atoms with E-state index in [0.29, 0.717) is 33.7 Å². The molecule has 154 valence electrons. The van der Waals surface area contributed by atoms with Crippen molar-refractivity contribution in [3.8, 4) is 11.3 Å². The molecule has 0 aliphatic rings. The molecule has 1 atom stereocenters. The molecule has 3 aromatic heterocycles. The maximum Gasteiger partial charge on any atom is 0.259 e. The van der Waals surface area contributed by atoms with Crippen LogP contribution in [0.2, 0.25) is 0 Å². The van der Waals surface area contributed by atoms with Gasteiger partial charge in [0.1, 0.15) is 17.3 Å². The van der Waals surface area contributed by atoms with Crippen molar-refractivity contribution >= 4 is 17.0 Å². The first kappa shape index (κ1) is 19.8. The average Bonchev–Trinajstić information content (AvgIpc) is 3.27. The molecule has 1 amide bonds. The quantitative estimate of drug-likeness (QED) is 0.516. The summed E-state index contributed by atoms with van der Waals surface area (Å²) in [7, 11) is 0. The van der Waals surface area contributed by atoms with Gasteiger partial charge >= 0.3 is 0 Å². The summed E-state index contributed by atoms with van der Waals surface area (Å²) in [5.74, 6) is 0.601. The maximum atomic E-state index is 13.1. The first-order chi connectivity index (χ1) is 14.3. The van der Waals surface area contributed by atoms with Gasteiger partial charge in [0.15, 0.2) is 0 Å². The number of nitrogens with zero attached hydrogens (tertiary/aromatic N) is 2. The van der Waals surface area contributed by atoms with Crippen LogP contribution in [0.15, 0.2) is 45.3 Å². The molecule has 4 rings (SSSR count). The minimum atomic E-state index is -0.978. The second kappa shape index (κ2) is 7.72. The van der Waals surface area contributed by atoms with Gasteiger partial charge in [-0.25, -0.2) is 9.37 Å². The van der Waals surface area contributed by atoms with Crippen molar-refractivity contribution in [2.75, 3.05) is 6.54 Å². The lowest BCUT2D eigenvalue weighted by atomic mass is 10.0. The molecule has 1 aromatic carbocycles. The van der Waals surface area contributed by atoms with Gasteiger partial charge in [-0.1, -0.05) is 17.3 Å². The van der Waals surface area contributed by atoms with Crippen LogP contribution in [-0.2, 0) is 0 Å². The third kappa shape index (κ3) is 3.69. The number of halogens is 1. The van der Waals surface area contributed by atoms with Crippen LogP contribution in [-0.4, -0.2) is 27.7 Å². The van der Waals surface area contributed by atoms with Gasteiger partial charge < -0.3 is 19.4 Å². The Labute approximate surface area is 171 Å². The molecular weight excluding hydrogens is 389 g/mol. The van der Waals surface area contributed by atoms with Crippen LogP contribution in [0.1, 0.15) is 39.2 Å². The number of nitrogens with one attached hydrogen (secondary N) is 1. The Bertz CT molecular complexity index is 1230. The average molecular weight is 409 g/mol. The van der Waals surface area contributed by atoms with Gasteiger partial charge in [-0.3, -0.25) is 4.79 Å². The van der Waals surface area contributed by atoms with E-state index in [1.165, 1.54) is 24.3 Å². The van der Waals surface area contributed by atoms with Gasteiger partial charge in [-0.15, -0.1) is 0 Å². The van der Waals surface area contributed by atoms with E-state index in [1.54, 1.807) is 13.0 Å². The lowest BCUT2D eigenvalue weighted by molar-refractivity contribution is 0.0917. The van der Waals surface area contributed by atoms with Crippen LogP contribution < -0.4 is 5.32 Å². The third-order valence-electron chi connectivity index (χ3n) is 4.89. The van der Waals surface area contributed by atoms with E-state index < -0.39 is 17.8 Å². The summed E-state index contributed by atoms with van der Waals surface area (Å²) < 4.78 is 23.9. The van der Waals surface area contributed by atoms with Crippen molar-refractivity contribution in [3.05, 3.63) is 70.6 Å². The molecule has 2 N–H and O–H groups in total. The number of pyridine rings is 1. The predicted octanol–water partition coefficient (Wildman–Crippen LogP) is 4.01. The molecule has 4 aromatic rings. The number of aliphatic hydroxyl groups excluding tert-OH is 1. The maximum absolute atomic E-state index is 13.1. The van der Waals surface area contributed by atoms with E-state index in [0.717, 1.165) is 11.3 Å². The number of hydrogen-bond donors (Lipinski definition) is 2. The topological polar surface area (TPSA) is 101 Å². The number of fused-ring (bicyclic) bond motifs is 1. The summed E-state index contributed by atoms with van der Waals surface area (Å²) in [4.78, 5) is 17.5. The van der Waals surface area contributed by atoms with E-state index in [-0.39, 0.29) is 12.3 Å². The number of aryl methyl sites for hydroxylation is 3. The van der Waals surface area contributed by atoms with Crippen LogP contribution in [0.3, 0.4) is 0 Å². The van der Waals surface area contributed by atoms with Crippen molar-refractivity contribution < 1.29 is 23.2 Å². The molecule has 0 radical (unpaired) electrons. The van der Waals surface area contributed by atoms with E-state index in [4.69, 9.17) is 8.94 Å². The Morgan fingerprint density at radius 2 is 1.93 bits per heavy atom. The van der Waals surface area contributed by atoms with Gasteiger partial charge in [0, 0.05) is 12.1 Å². The van der Waals surface area contributed by atoms with Gasteiger partial charge in [-0.2, -0.15) is 0 Å². The molecule has 30 heavy (non-hydrogen) atoms. The van der Waals surface area contributed by atoms with Crippen LogP contribution in [0.5, 0.6) is 0 Å². The molecule has 0 saturated heterocycles. The van der Waals surface area contributed by atoms with Crippen molar-refractivity contribution in [1.82, 2.24) is 15.5 Å². The highest BCUT2D eigenvalue weighted by Gasteiger charge is 2.21. The standard InChI is InChI=1S/C22H20FN3O4/c1-11-8-16(13(3)29-11)18-9-17(20-12(2)26-30-22(20)25-18)21(28)24-10-19(27)14-4-6-15(23)7-5-14/h4-9,19,27H,10H2,1-3H3,(H,24,28). The summed E-state index contributed by atoms with van der Waals surface area (Å²) in [6.07, 6.45) is -0.978. The number of aromatic nitrogens is 2. The van der Waals surface area contributed by atoms with E-state index in [2.05, 4.69) is 15.5 Å². The number of carbonyl (C=O) groups is 1. The second-order valence-electron chi connectivity index (χ2n) is 7.11. The Hall–Kier alpha value is -3.52. The predicted molar refractivity (Wildman–Crippen MR) is 107 cm³/mol. The molecule has 3 heterocycles. The SMILES string of the molecule is Cc1cc(-c2cc(C(=O)NCC(O)c3ccc(F)cc3)c3c(C)noc3n2)c(C)o1.